The molecule has 1 rings (SSSR count). The Morgan fingerprint density at radius 3 is 2.50 bits per heavy atom. The van der Waals surface area contributed by atoms with Crippen LogP contribution in [0.3, 0.4) is 0 Å². The highest BCUT2D eigenvalue weighted by molar-refractivity contribution is 4.97. The molecule has 70 valence electrons. The fourth-order valence-corrected chi connectivity index (χ4v) is 2.41. The second kappa shape index (κ2) is 4.89. The lowest BCUT2D eigenvalue weighted by Gasteiger charge is -2.27. The Labute approximate surface area is 77.7 Å². The van der Waals surface area contributed by atoms with E-state index < -0.39 is 0 Å². The highest BCUT2D eigenvalue weighted by Gasteiger charge is 2.32. The van der Waals surface area contributed by atoms with Crippen LogP contribution < -0.4 is 0 Å². The van der Waals surface area contributed by atoms with Gasteiger partial charge in [0.2, 0.25) is 0 Å². The predicted molar refractivity (Wildman–Crippen MR) is 54.0 cm³/mol. The van der Waals surface area contributed by atoms with Gasteiger partial charge in [-0.15, -0.1) is 0 Å². The summed E-state index contributed by atoms with van der Waals surface area (Å²) in [6, 6.07) is 0. The average Bonchev–Trinajstić information content (AvgIpc) is 2.51. The molecule has 0 aliphatic heterocycles. The first-order valence-corrected chi connectivity index (χ1v) is 5.58. The number of rotatable bonds is 5. The molecular weight excluding hydrogens is 144 g/mol. The third-order valence-corrected chi connectivity index (χ3v) is 3.07. The maximum Gasteiger partial charge on any atom is -0.0106 e. The van der Waals surface area contributed by atoms with Gasteiger partial charge in [0.1, 0.15) is 0 Å². The molecular formula is C12H22. The Hall–Kier alpha value is 0. The second-order valence-electron chi connectivity index (χ2n) is 4.16. The molecule has 0 aromatic rings. The van der Waals surface area contributed by atoms with Crippen molar-refractivity contribution in [2.75, 3.05) is 0 Å². The maximum absolute atomic E-state index is 3.71. The third-order valence-electron chi connectivity index (χ3n) is 3.07. The summed E-state index contributed by atoms with van der Waals surface area (Å²) in [4.78, 5) is 0. The summed E-state index contributed by atoms with van der Waals surface area (Å²) in [6.07, 6.45) is 14.6. The van der Waals surface area contributed by atoms with Crippen molar-refractivity contribution in [2.45, 2.75) is 65.2 Å². The van der Waals surface area contributed by atoms with Gasteiger partial charge in [-0.25, -0.2) is 0 Å². The largest absolute Gasteiger partial charge is 0.0654 e. The molecule has 1 saturated carbocycles. The first-order valence-electron chi connectivity index (χ1n) is 5.58. The van der Waals surface area contributed by atoms with Gasteiger partial charge in [-0.2, -0.15) is 0 Å². The van der Waals surface area contributed by atoms with Crippen LogP contribution in [0.2, 0.25) is 0 Å². The molecule has 1 unspecified atom stereocenters. The topological polar surface area (TPSA) is 0 Å². The van der Waals surface area contributed by atoms with Crippen molar-refractivity contribution < 1.29 is 0 Å². The summed E-state index contributed by atoms with van der Waals surface area (Å²) < 4.78 is 0. The normalized spacial score (nSPS) is 21.5. The molecule has 1 fully saturated rings. The van der Waals surface area contributed by atoms with Crippen LogP contribution in [0.4, 0.5) is 0 Å². The van der Waals surface area contributed by atoms with Gasteiger partial charge in [-0.3, -0.25) is 0 Å². The molecule has 1 atom stereocenters. The molecule has 1 aliphatic carbocycles. The van der Waals surface area contributed by atoms with Crippen LogP contribution in [0.1, 0.15) is 65.2 Å². The molecule has 0 spiro atoms. The molecule has 1 aliphatic rings. The van der Waals surface area contributed by atoms with E-state index in [1.165, 1.54) is 51.4 Å². The highest BCUT2D eigenvalue weighted by Crippen LogP contribution is 2.44. The zero-order chi connectivity index (χ0) is 8.86. The Kier molecular flexibility index (Phi) is 4.11. The summed E-state index contributed by atoms with van der Waals surface area (Å²) in [5, 5.41) is 0. The lowest BCUT2D eigenvalue weighted by atomic mass is 9.77. The molecule has 0 nitrogen and oxygen atoms in total. The van der Waals surface area contributed by atoms with Crippen LogP contribution >= 0.6 is 0 Å². The van der Waals surface area contributed by atoms with E-state index in [4.69, 9.17) is 0 Å². The van der Waals surface area contributed by atoms with E-state index in [1.807, 2.05) is 0 Å². The number of unbranched alkanes of at least 4 members (excludes halogenated alkanes) is 1. The Balaban J connectivity index is 2.35. The molecule has 0 amide bonds. The van der Waals surface area contributed by atoms with Crippen LogP contribution in [-0.4, -0.2) is 0 Å². The summed E-state index contributed by atoms with van der Waals surface area (Å²) in [6.45, 7) is 4.59. The van der Waals surface area contributed by atoms with Gasteiger partial charge in [-0.05, 0) is 37.5 Å². The van der Waals surface area contributed by atoms with Gasteiger partial charge in [0.15, 0.2) is 0 Å². The van der Waals surface area contributed by atoms with Crippen molar-refractivity contribution in [3.05, 3.63) is 6.42 Å². The average molecular weight is 166 g/mol. The van der Waals surface area contributed by atoms with E-state index in [-0.39, 0.29) is 0 Å². The third kappa shape index (κ3) is 2.50. The van der Waals surface area contributed by atoms with Crippen molar-refractivity contribution in [1.82, 2.24) is 0 Å². The van der Waals surface area contributed by atoms with Crippen molar-refractivity contribution in [3.8, 4) is 0 Å². The molecule has 0 heterocycles. The molecule has 0 heteroatoms. The minimum Gasteiger partial charge on any atom is -0.0654 e. The molecule has 0 aromatic carbocycles. The Bertz CT molecular complexity index is 109. The Morgan fingerprint density at radius 2 is 2.00 bits per heavy atom. The Morgan fingerprint density at radius 1 is 1.17 bits per heavy atom. The number of hydrogen-bond donors (Lipinski definition) is 0. The fraction of sp³-hybridized carbons (Fsp3) is 0.917. The second-order valence-corrected chi connectivity index (χ2v) is 4.16. The van der Waals surface area contributed by atoms with Gasteiger partial charge in [-0.1, -0.05) is 39.5 Å². The zero-order valence-electron chi connectivity index (χ0n) is 8.66. The zero-order valence-corrected chi connectivity index (χ0v) is 8.66. The minimum absolute atomic E-state index is 0.546. The quantitative estimate of drug-likeness (QED) is 0.573. The van der Waals surface area contributed by atoms with Crippen LogP contribution in [0.15, 0.2) is 0 Å². The lowest BCUT2D eigenvalue weighted by Crippen LogP contribution is -2.16. The van der Waals surface area contributed by atoms with E-state index in [0.29, 0.717) is 5.41 Å². The maximum atomic E-state index is 3.71. The van der Waals surface area contributed by atoms with Gasteiger partial charge < -0.3 is 0 Å². The summed E-state index contributed by atoms with van der Waals surface area (Å²) in [5.74, 6) is 0. The number of hydrogen-bond acceptors (Lipinski definition) is 0. The van der Waals surface area contributed by atoms with Crippen LogP contribution in [0, 0.1) is 11.8 Å². The van der Waals surface area contributed by atoms with E-state index in [1.54, 1.807) is 0 Å². The SMILES string of the molecule is CCCCC1(CCC)[C]CCC1. The monoisotopic (exact) mass is 166 g/mol. The first kappa shape index (κ1) is 10.1. The van der Waals surface area contributed by atoms with Gasteiger partial charge >= 0.3 is 0 Å². The van der Waals surface area contributed by atoms with E-state index in [9.17, 15) is 0 Å². The van der Waals surface area contributed by atoms with Crippen molar-refractivity contribution in [3.63, 3.8) is 0 Å². The first-order chi connectivity index (χ1) is 5.83. The minimum atomic E-state index is 0.546. The van der Waals surface area contributed by atoms with Crippen molar-refractivity contribution in [1.29, 1.82) is 0 Å². The molecule has 0 aromatic heterocycles. The highest BCUT2D eigenvalue weighted by atomic mass is 14.4. The van der Waals surface area contributed by atoms with Crippen LogP contribution in [0.5, 0.6) is 0 Å². The van der Waals surface area contributed by atoms with E-state index in [2.05, 4.69) is 20.3 Å². The lowest BCUT2D eigenvalue weighted by molar-refractivity contribution is 0.292. The smallest absolute Gasteiger partial charge is 0.0106 e. The van der Waals surface area contributed by atoms with Gasteiger partial charge in [0.05, 0.1) is 0 Å². The summed E-state index contributed by atoms with van der Waals surface area (Å²) in [5.41, 5.74) is 0.546. The van der Waals surface area contributed by atoms with Crippen LogP contribution in [-0.2, 0) is 0 Å². The molecule has 12 heavy (non-hydrogen) atoms. The molecule has 0 bridgehead atoms. The van der Waals surface area contributed by atoms with Gasteiger partial charge in [0.25, 0.3) is 0 Å². The fourth-order valence-electron chi connectivity index (χ4n) is 2.41. The van der Waals surface area contributed by atoms with Gasteiger partial charge in [0, 0.05) is 0 Å². The van der Waals surface area contributed by atoms with Crippen molar-refractivity contribution >= 4 is 0 Å². The summed E-state index contributed by atoms with van der Waals surface area (Å²) in [7, 11) is 0. The van der Waals surface area contributed by atoms with Crippen LogP contribution in [0.25, 0.3) is 0 Å². The van der Waals surface area contributed by atoms with E-state index in [0.717, 1.165) is 0 Å². The standard InChI is InChI=1S/C12H22/c1-3-5-9-12(8-4-2)10-6-7-11-12/h3-10H2,1-2H3. The molecule has 2 radical (unpaired) electrons. The van der Waals surface area contributed by atoms with Crippen molar-refractivity contribution in [2.24, 2.45) is 5.41 Å². The molecule has 0 N–H and O–H groups in total. The van der Waals surface area contributed by atoms with E-state index >= 15 is 0 Å². The summed E-state index contributed by atoms with van der Waals surface area (Å²) >= 11 is 0. The predicted octanol–water partition coefficient (Wildman–Crippen LogP) is 4.23. The molecule has 0 saturated heterocycles.